The van der Waals surface area contributed by atoms with Gasteiger partial charge in [0.1, 0.15) is 11.2 Å². The first-order valence-corrected chi connectivity index (χ1v) is 19.8. The van der Waals surface area contributed by atoms with Crippen molar-refractivity contribution in [2.45, 2.75) is 0 Å². The molecule has 57 heavy (non-hydrogen) atoms. The summed E-state index contributed by atoms with van der Waals surface area (Å²) in [5, 5.41) is 7.07. The van der Waals surface area contributed by atoms with Gasteiger partial charge in [-0.05, 0) is 59.7 Å². The zero-order chi connectivity index (χ0) is 37.5. The largest absolute Gasteiger partial charge is 0.456 e. The van der Waals surface area contributed by atoms with Crippen LogP contribution < -0.4 is 0 Å². The van der Waals surface area contributed by atoms with Gasteiger partial charge in [0.05, 0.1) is 11.0 Å². The Morgan fingerprint density at radius 1 is 0.368 bits per heavy atom. The quantitative estimate of drug-likeness (QED) is 0.176. The molecule has 0 N–H and O–H groups in total. The maximum absolute atomic E-state index is 6.45. The van der Waals surface area contributed by atoms with E-state index in [1.807, 2.05) is 60.7 Å². The number of nitrogens with zero attached hydrogens (tertiary/aromatic N) is 4. The van der Waals surface area contributed by atoms with Crippen molar-refractivity contribution in [3.05, 3.63) is 182 Å². The highest BCUT2D eigenvalue weighted by Gasteiger charge is 2.19. The van der Waals surface area contributed by atoms with E-state index in [2.05, 4.69) is 126 Å². The van der Waals surface area contributed by atoms with E-state index in [4.69, 9.17) is 19.4 Å². The lowest BCUT2D eigenvalue weighted by Crippen LogP contribution is -2.00. The Balaban J connectivity index is 1.02. The lowest BCUT2D eigenvalue weighted by molar-refractivity contribution is 0.669. The molecule has 5 nitrogen and oxygen atoms in total. The summed E-state index contributed by atoms with van der Waals surface area (Å²) in [5.74, 6) is 1.96. The van der Waals surface area contributed by atoms with E-state index in [-0.39, 0.29) is 0 Å². The molecule has 0 saturated carbocycles. The van der Waals surface area contributed by atoms with Crippen molar-refractivity contribution in [1.29, 1.82) is 0 Å². The van der Waals surface area contributed by atoms with Crippen LogP contribution in [0, 0.1) is 0 Å². The molecule has 0 aliphatic rings. The molecule has 0 aliphatic carbocycles. The van der Waals surface area contributed by atoms with E-state index >= 15 is 0 Å². The summed E-state index contributed by atoms with van der Waals surface area (Å²) in [5.41, 5.74) is 10.4. The number of benzene rings is 8. The molecule has 0 saturated heterocycles. The Morgan fingerprint density at radius 3 is 1.53 bits per heavy atom. The van der Waals surface area contributed by atoms with Crippen molar-refractivity contribution < 1.29 is 4.42 Å². The van der Waals surface area contributed by atoms with Gasteiger partial charge >= 0.3 is 0 Å². The van der Waals surface area contributed by atoms with Gasteiger partial charge in [-0.15, -0.1) is 11.3 Å². The smallest absolute Gasteiger partial charge is 0.165 e. The number of hydrogen-bond donors (Lipinski definition) is 0. The molecule has 0 amide bonds. The predicted molar refractivity (Wildman–Crippen MR) is 236 cm³/mol. The van der Waals surface area contributed by atoms with Crippen LogP contribution in [-0.4, -0.2) is 19.5 Å². The van der Waals surface area contributed by atoms with E-state index in [1.54, 1.807) is 11.3 Å². The Morgan fingerprint density at radius 2 is 0.877 bits per heavy atom. The zero-order valence-electron chi connectivity index (χ0n) is 30.4. The van der Waals surface area contributed by atoms with E-state index in [0.29, 0.717) is 17.5 Å². The third kappa shape index (κ3) is 5.04. The van der Waals surface area contributed by atoms with E-state index in [1.165, 1.54) is 42.8 Å². The average Bonchev–Trinajstić information content (AvgIpc) is 3.96. The molecule has 266 valence electrons. The molecule has 6 heteroatoms. The molecule has 0 bridgehead atoms. The summed E-state index contributed by atoms with van der Waals surface area (Å²) >= 11 is 1.79. The monoisotopic (exact) mass is 746 g/mol. The number of rotatable bonds is 5. The molecule has 0 fully saturated rings. The van der Waals surface area contributed by atoms with Crippen LogP contribution in [0.25, 0.3) is 115 Å². The Hall–Kier alpha value is -7.41. The number of aromatic nitrogens is 4. The lowest BCUT2D eigenvalue weighted by atomic mass is 10.00. The highest BCUT2D eigenvalue weighted by atomic mass is 32.1. The van der Waals surface area contributed by atoms with Crippen LogP contribution in [0.5, 0.6) is 0 Å². The van der Waals surface area contributed by atoms with Crippen molar-refractivity contribution in [1.82, 2.24) is 19.5 Å². The van der Waals surface area contributed by atoms with Gasteiger partial charge in [0.15, 0.2) is 17.5 Å². The van der Waals surface area contributed by atoms with Gasteiger partial charge in [-0.1, -0.05) is 133 Å². The highest BCUT2D eigenvalue weighted by Crippen LogP contribution is 2.45. The maximum Gasteiger partial charge on any atom is 0.165 e. The maximum atomic E-state index is 6.45. The van der Waals surface area contributed by atoms with Crippen LogP contribution in [0.2, 0.25) is 0 Å². The normalized spacial score (nSPS) is 11.9. The summed E-state index contributed by atoms with van der Waals surface area (Å²) in [7, 11) is 0. The second-order valence-corrected chi connectivity index (χ2v) is 15.4. The first-order chi connectivity index (χ1) is 28.2. The molecular formula is C51H30N4OS. The van der Waals surface area contributed by atoms with Crippen LogP contribution in [0.4, 0.5) is 0 Å². The Kier molecular flexibility index (Phi) is 7.03. The van der Waals surface area contributed by atoms with Gasteiger partial charge in [0, 0.05) is 64.1 Å². The minimum absolute atomic E-state index is 0.653. The summed E-state index contributed by atoms with van der Waals surface area (Å²) in [6.07, 6.45) is 0. The fourth-order valence-electron chi connectivity index (χ4n) is 8.43. The lowest BCUT2D eigenvalue weighted by Gasteiger charge is -2.09. The molecule has 0 spiro atoms. The van der Waals surface area contributed by atoms with Crippen LogP contribution in [0.15, 0.2) is 186 Å². The first-order valence-electron chi connectivity index (χ1n) is 19.0. The van der Waals surface area contributed by atoms with Crippen LogP contribution in [0.1, 0.15) is 0 Å². The van der Waals surface area contributed by atoms with Crippen LogP contribution in [0.3, 0.4) is 0 Å². The van der Waals surface area contributed by atoms with E-state index in [0.717, 1.165) is 54.6 Å². The first kappa shape index (κ1) is 31.9. The predicted octanol–water partition coefficient (Wildman–Crippen LogP) is 13.9. The standard InChI is InChI=1S/C51H30N4OS/c1-3-13-31(14-4-1)49-52-50(32-15-5-2-6-16-32)54-51(53-49)40-22-12-21-39-38-20-11-19-35(47(38)57-48(39)40)33-25-27-45-41(29-33)42-30-34(26-28-46(42)56-45)55-43-23-9-7-17-36(43)37-18-8-10-24-44(37)55/h1-30H. The fraction of sp³-hybridized carbons (Fsp3) is 0. The van der Waals surface area contributed by atoms with Gasteiger partial charge in [-0.2, -0.15) is 0 Å². The molecule has 12 rings (SSSR count). The summed E-state index contributed by atoms with van der Waals surface area (Å²) in [4.78, 5) is 15.1. The van der Waals surface area contributed by atoms with Crippen molar-refractivity contribution in [2.24, 2.45) is 0 Å². The molecule has 12 aromatic rings. The molecule has 8 aromatic carbocycles. The van der Waals surface area contributed by atoms with E-state index in [9.17, 15) is 0 Å². The summed E-state index contributed by atoms with van der Waals surface area (Å²) in [6, 6.07) is 63.8. The van der Waals surface area contributed by atoms with Gasteiger partial charge in [0.2, 0.25) is 0 Å². The molecule has 0 atom stereocenters. The molecule has 4 heterocycles. The Bertz CT molecular complexity index is 3420. The third-order valence-electron chi connectivity index (χ3n) is 11.1. The number of furan rings is 1. The van der Waals surface area contributed by atoms with Crippen molar-refractivity contribution in [3.8, 4) is 51.0 Å². The van der Waals surface area contributed by atoms with Gasteiger partial charge in [-0.25, -0.2) is 15.0 Å². The van der Waals surface area contributed by atoms with Gasteiger partial charge < -0.3 is 8.98 Å². The molecule has 4 aromatic heterocycles. The second-order valence-electron chi connectivity index (χ2n) is 14.4. The number of fused-ring (bicyclic) bond motifs is 9. The summed E-state index contributed by atoms with van der Waals surface area (Å²) in [6.45, 7) is 0. The molecule has 0 aliphatic heterocycles. The minimum Gasteiger partial charge on any atom is -0.456 e. The number of hydrogen-bond acceptors (Lipinski definition) is 5. The SMILES string of the molecule is c1ccc(-c2nc(-c3ccccc3)nc(-c3cccc4c3sc3c(-c5ccc6oc7ccc(-n8c9ccccc9c9ccccc98)cc7c6c5)cccc34)n2)cc1. The van der Waals surface area contributed by atoms with Crippen molar-refractivity contribution >= 4 is 75.3 Å². The highest BCUT2D eigenvalue weighted by molar-refractivity contribution is 7.26. The number of thiophene rings is 1. The second kappa shape index (κ2) is 12.6. The van der Waals surface area contributed by atoms with Gasteiger partial charge in [0.25, 0.3) is 0 Å². The van der Waals surface area contributed by atoms with Gasteiger partial charge in [-0.3, -0.25) is 0 Å². The molecule has 0 unspecified atom stereocenters. The molecular weight excluding hydrogens is 717 g/mol. The third-order valence-corrected chi connectivity index (χ3v) is 12.4. The van der Waals surface area contributed by atoms with Crippen LogP contribution in [-0.2, 0) is 0 Å². The Labute approximate surface area is 330 Å². The number of para-hydroxylation sites is 2. The van der Waals surface area contributed by atoms with E-state index < -0.39 is 0 Å². The molecule has 0 radical (unpaired) electrons. The average molecular weight is 747 g/mol. The zero-order valence-corrected chi connectivity index (χ0v) is 31.2. The minimum atomic E-state index is 0.653. The topological polar surface area (TPSA) is 56.7 Å². The van der Waals surface area contributed by atoms with Crippen molar-refractivity contribution in [3.63, 3.8) is 0 Å². The summed E-state index contributed by atoms with van der Waals surface area (Å²) < 4.78 is 11.2. The van der Waals surface area contributed by atoms with Crippen molar-refractivity contribution in [2.75, 3.05) is 0 Å². The van der Waals surface area contributed by atoms with Crippen LogP contribution >= 0.6 is 11.3 Å². The fourth-order valence-corrected chi connectivity index (χ4v) is 9.77.